The summed E-state index contributed by atoms with van der Waals surface area (Å²) in [5, 5.41) is 1.66. The van der Waals surface area contributed by atoms with Gasteiger partial charge in [0.2, 0.25) is 0 Å². The Hall–Kier alpha value is -1.37. The summed E-state index contributed by atoms with van der Waals surface area (Å²) in [6.07, 6.45) is 8.30. The van der Waals surface area contributed by atoms with Crippen molar-refractivity contribution in [3.63, 3.8) is 0 Å². The van der Waals surface area contributed by atoms with E-state index in [2.05, 4.69) is 24.8 Å². The predicted molar refractivity (Wildman–Crippen MR) is 97.5 cm³/mol. The number of nitrogens with one attached hydrogen (secondary N) is 1. The molecule has 130 valence electrons. The summed E-state index contributed by atoms with van der Waals surface area (Å²) in [6, 6.07) is 0. The minimum Gasteiger partial charge on any atom is -0.355 e. The molecule has 6 nitrogen and oxygen atoms in total. The number of hydrogen-bond acceptors (Lipinski definition) is 5. The van der Waals surface area contributed by atoms with Gasteiger partial charge in [-0.3, -0.25) is 0 Å². The van der Waals surface area contributed by atoms with Gasteiger partial charge in [-0.2, -0.15) is 0 Å². The number of aromatic amines is 1. The van der Waals surface area contributed by atoms with E-state index in [-0.39, 0.29) is 0 Å². The topological polar surface area (TPSA) is 74.1 Å². The maximum Gasteiger partial charge on any atom is 0.144 e. The molecule has 0 aliphatic carbocycles. The van der Waals surface area contributed by atoms with Crippen molar-refractivity contribution in [2.75, 3.05) is 44.2 Å². The maximum absolute atomic E-state index is 6.35. The molecule has 24 heavy (non-hydrogen) atoms. The summed E-state index contributed by atoms with van der Waals surface area (Å²) in [6.45, 7) is 6.44. The average molecular weight is 349 g/mol. The Labute approximate surface area is 147 Å². The van der Waals surface area contributed by atoms with Crippen molar-refractivity contribution in [2.24, 2.45) is 11.1 Å². The molecule has 3 N–H and O–H groups in total. The fraction of sp³-hybridized carbons (Fsp3) is 0.647. The molecule has 0 saturated carbocycles. The highest BCUT2D eigenvalue weighted by atomic mass is 35.5. The van der Waals surface area contributed by atoms with Crippen LogP contribution < -0.4 is 10.6 Å². The molecule has 0 unspecified atom stereocenters. The molecule has 4 rings (SSSR count). The fourth-order valence-electron chi connectivity index (χ4n) is 4.24. The standard InChI is InChI=1S/C17H25ClN6/c18-13-10-20-15-14(13)16(22-12-21-15)24-9-4-17(11-24)2-7-23(8-3-17)6-1-5-19/h10,12H,1-9,11,19H2,(H,20,21,22). The molecule has 0 amide bonds. The van der Waals surface area contributed by atoms with Gasteiger partial charge < -0.3 is 20.5 Å². The van der Waals surface area contributed by atoms with Crippen molar-refractivity contribution in [1.82, 2.24) is 19.9 Å². The van der Waals surface area contributed by atoms with Crippen LogP contribution in [0.4, 0.5) is 5.82 Å². The SMILES string of the molecule is NCCCN1CCC2(CC1)CCN(c1ncnc3[nH]cc(Cl)c13)C2. The van der Waals surface area contributed by atoms with Gasteiger partial charge in [-0.15, -0.1) is 0 Å². The van der Waals surface area contributed by atoms with Gasteiger partial charge in [-0.1, -0.05) is 11.6 Å². The Balaban J connectivity index is 1.48. The molecule has 2 saturated heterocycles. The molecule has 7 heteroatoms. The van der Waals surface area contributed by atoms with Crippen molar-refractivity contribution >= 4 is 28.5 Å². The predicted octanol–water partition coefficient (Wildman–Crippen LogP) is 2.25. The number of hydrogen-bond donors (Lipinski definition) is 2. The summed E-state index contributed by atoms with van der Waals surface area (Å²) in [4.78, 5) is 16.9. The number of halogens is 1. The first kappa shape index (κ1) is 16.1. The van der Waals surface area contributed by atoms with Crippen LogP contribution in [0.25, 0.3) is 11.0 Å². The quantitative estimate of drug-likeness (QED) is 0.886. The summed E-state index contributed by atoms with van der Waals surface area (Å²) in [5.74, 6) is 0.980. The number of nitrogens with two attached hydrogens (primary N) is 1. The third-order valence-electron chi connectivity index (χ3n) is 5.73. The fourth-order valence-corrected chi connectivity index (χ4v) is 4.47. The number of fused-ring (bicyclic) bond motifs is 1. The zero-order valence-electron chi connectivity index (χ0n) is 14.0. The first-order valence-electron chi connectivity index (χ1n) is 8.86. The first-order valence-corrected chi connectivity index (χ1v) is 9.24. The normalized spacial score (nSPS) is 21.2. The lowest BCUT2D eigenvalue weighted by atomic mass is 9.78. The number of aromatic nitrogens is 3. The Morgan fingerprint density at radius 3 is 2.79 bits per heavy atom. The zero-order valence-corrected chi connectivity index (χ0v) is 14.7. The van der Waals surface area contributed by atoms with E-state index in [1.807, 2.05) is 0 Å². The average Bonchev–Trinajstić information content (AvgIpc) is 3.19. The highest BCUT2D eigenvalue weighted by Gasteiger charge is 2.41. The molecular formula is C17H25ClN6. The van der Waals surface area contributed by atoms with Crippen molar-refractivity contribution in [3.05, 3.63) is 17.5 Å². The molecule has 1 spiro atoms. The Bertz CT molecular complexity index is 706. The number of H-pyrrole nitrogens is 1. The second-order valence-corrected chi connectivity index (χ2v) is 7.62. The van der Waals surface area contributed by atoms with Gasteiger partial charge in [-0.05, 0) is 57.3 Å². The van der Waals surface area contributed by atoms with Crippen LogP contribution in [-0.4, -0.2) is 59.1 Å². The smallest absolute Gasteiger partial charge is 0.144 e. The number of rotatable bonds is 4. The van der Waals surface area contributed by atoms with E-state index in [1.54, 1.807) is 12.5 Å². The highest BCUT2D eigenvalue weighted by molar-refractivity contribution is 6.36. The van der Waals surface area contributed by atoms with E-state index in [0.717, 1.165) is 49.5 Å². The van der Waals surface area contributed by atoms with Gasteiger partial charge in [0, 0.05) is 19.3 Å². The van der Waals surface area contributed by atoms with Crippen LogP contribution in [-0.2, 0) is 0 Å². The molecule has 2 fully saturated rings. The molecule has 4 heterocycles. The van der Waals surface area contributed by atoms with Crippen LogP contribution in [0, 0.1) is 5.41 Å². The Morgan fingerprint density at radius 2 is 2.00 bits per heavy atom. The van der Waals surface area contributed by atoms with Crippen molar-refractivity contribution < 1.29 is 0 Å². The van der Waals surface area contributed by atoms with Gasteiger partial charge >= 0.3 is 0 Å². The highest BCUT2D eigenvalue weighted by Crippen LogP contribution is 2.43. The molecule has 0 aromatic carbocycles. The van der Waals surface area contributed by atoms with Gasteiger partial charge in [0.15, 0.2) is 0 Å². The zero-order chi connectivity index (χ0) is 16.6. The maximum atomic E-state index is 6.35. The minimum absolute atomic E-state index is 0.430. The minimum atomic E-state index is 0.430. The Morgan fingerprint density at radius 1 is 1.21 bits per heavy atom. The summed E-state index contributed by atoms with van der Waals surface area (Å²) in [5.41, 5.74) is 6.89. The van der Waals surface area contributed by atoms with Gasteiger partial charge in [0.05, 0.1) is 10.4 Å². The van der Waals surface area contributed by atoms with Gasteiger partial charge in [0.1, 0.15) is 17.8 Å². The lowest BCUT2D eigenvalue weighted by molar-refractivity contribution is 0.120. The molecule has 2 aromatic heterocycles. The summed E-state index contributed by atoms with van der Waals surface area (Å²) < 4.78 is 0. The van der Waals surface area contributed by atoms with Gasteiger partial charge in [0.25, 0.3) is 0 Å². The van der Waals surface area contributed by atoms with Gasteiger partial charge in [-0.25, -0.2) is 9.97 Å². The molecular weight excluding hydrogens is 324 g/mol. The summed E-state index contributed by atoms with van der Waals surface area (Å²) in [7, 11) is 0. The second-order valence-electron chi connectivity index (χ2n) is 7.21. The second kappa shape index (κ2) is 6.50. The van der Waals surface area contributed by atoms with Crippen molar-refractivity contribution in [1.29, 1.82) is 0 Å². The first-order chi connectivity index (χ1) is 11.7. The monoisotopic (exact) mass is 348 g/mol. The number of likely N-dealkylation sites (tertiary alicyclic amines) is 1. The third-order valence-corrected chi connectivity index (χ3v) is 6.03. The third kappa shape index (κ3) is 2.87. The lowest BCUT2D eigenvalue weighted by Gasteiger charge is -2.39. The van der Waals surface area contributed by atoms with E-state index in [9.17, 15) is 0 Å². The van der Waals surface area contributed by atoms with E-state index in [4.69, 9.17) is 17.3 Å². The van der Waals surface area contributed by atoms with E-state index in [0.29, 0.717) is 10.4 Å². The van der Waals surface area contributed by atoms with Crippen LogP contribution in [0.5, 0.6) is 0 Å². The lowest BCUT2D eigenvalue weighted by Crippen LogP contribution is -2.42. The van der Waals surface area contributed by atoms with E-state index < -0.39 is 0 Å². The number of anilines is 1. The van der Waals surface area contributed by atoms with Crippen molar-refractivity contribution in [2.45, 2.75) is 25.7 Å². The van der Waals surface area contributed by atoms with E-state index >= 15 is 0 Å². The van der Waals surface area contributed by atoms with Crippen LogP contribution in [0.2, 0.25) is 5.02 Å². The van der Waals surface area contributed by atoms with E-state index in [1.165, 1.54) is 32.4 Å². The van der Waals surface area contributed by atoms with Crippen LogP contribution in [0.15, 0.2) is 12.5 Å². The molecule has 2 aliphatic heterocycles. The van der Waals surface area contributed by atoms with Crippen molar-refractivity contribution in [3.8, 4) is 0 Å². The Kier molecular flexibility index (Phi) is 4.37. The molecule has 0 atom stereocenters. The summed E-state index contributed by atoms with van der Waals surface area (Å²) >= 11 is 6.35. The van der Waals surface area contributed by atoms with Crippen LogP contribution >= 0.6 is 11.6 Å². The molecule has 0 radical (unpaired) electrons. The number of piperidine rings is 1. The van der Waals surface area contributed by atoms with Crippen LogP contribution in [0.3, 0.4) is 0 Å². The largest absolute Gasteiger partial charge is 0.355 e. The molecule has 0 bridgehead atoms. The molecule has 2 aromatic rings. The number of nitrogens with zero attached hydrogens (tertiary/aromatic N) is 4. The molecule has 2 aliphatic rings. The van der Waals surface area contributed by atoms with Crippen LogP contribution in [0.1, 0.15) is 25.7 Å².